The summed E-state index contributed by atoms with van der Waals surface area (Å²) >= 11 is 0. The molecule has 1 aromatic heterocycles. The second kappa shape index (κ2) is 8.34. The van der Waals surface area contributed by atoms with Crippen molar-refractivity contribution in [3.8, 4) is 11.5 Å². The average Bonchev–Trinajstić information content (AvgIpc) is 3.32. The number of carbonyl (C=O) groups excluding carboxylic acids is 3. The third-order valence-electron chi connectivity index (χ3n) is 4.64. The molecule has 1 amide bonds. The van der Waals surface area contributed by atoms with E-state index in [1.807, 2.05) is 0 Å². The molecular weight excluding hydrogens is 408 g/mol. The average molecular weight is 426 g/mol. The molecule has 0 unspecified atom stereocenters. The minimum Gasteiger partial charge on any atom is -0.456 e. The van der Waals surface area contributed by atoms with Gasteiger partial charge in [0, 0.05) is 18.2 Å². The molecule has 10 heteroatoms. The maximum absolute atomic E-state index is 12.2. The number of nitrogens with zero attached hydrogens (tertiary/aromatic N) is 1. The summed E-state index contributed by atoms with van der Waals surface area (Å²) in [6.07, 6.45) is -0.126. The van der Waals surface area contributed by atoms with Crippen molar-refractivity contribution in [3.63, 3.8) is 0 Å². The lowest BCUT2D eigenvalue weighted by Gasteiger charge is -2.11. The van der Waals surface area contributed by atoms with Gasteiger partial charge < -0.3 is 23.9 Å². The molecule has 1 aliphatic heterocycles. The number of fused-ring (bicyclic) bond motifs is 2. The van der Waals surface area contributed by atoms with E-state index < -0.39 is 24.2 Å². The Morgan fingerprint density at radius 1 is 1.13 bits per heavy atom. The maximum Gasteiger partial charge on any atom is 0.419 e. The van der Waals surface area contributed by atoms with E-state index >= 15 is 0 Å². The molecule has 0 saturated heterocycles. The topological polar surface area (TPSA) is 126 Å². The van der Waals surface area contributed by atoms with Crippen molar-refractivity contribution in [2.75, 3.05) is 18.7 Å². The fourth-order valence-electron chi connectivity index (χ4n) is 3.17. The first-order valence-electron chi connectivity index (χ1n) is 9.41. The molecule has 31 heavy (non-hydrogen) atoms. The van der Waals surface area contributed by atoms with Crippen molar-refractivity contribution in [2.45, 2.75) is 19.9 Å². The number of oxazole rings is 1. The fraction of sp³-hybridized carbons (Fsp3) is 0.238. The summed E-state index contributed by atoms with van der Waals surface area (Å²) < 4.78 is 21.9. The predicted molar refractivity (Wildman–Crippen MR) is 107 cm³/mol. The van der Waals surface area contributed by atoms with Crippen LogP contribution >= 0.6 is 0 Å². The van der Waals surface area contributed by atoms with Crippen LogP contribution in [0, 0.1) is 0 Å². The van der Waals surface area contributed by atoms with Gasteiger partial charge in [-0.25, -0.2) is 4.79 Å². The molecule has 0 fully saturated rings. The maximum atomic E-state index is 12.2. The first kappa shape index (κ1) is 20.2. The highest BCUT2D eigenvalue weighted by Crippen LogP contribution is 2.37. The quantitative estimate of drug-likeness (QED) is 0.450. The number of anilines is 1. The van der Waals surface area contributed by atoms with E-state index in [2.05, 4.69) is 5.32 Å². The predicted octanol–water partition coefficient (Wildman–Crippen LogP) is 2.10. The smallest absolute Gasteiger partial charge is 0.419 e. The van der Waals surface area contributed by atoms with Crippen LogP contribution in [0.25, 0.3) is 11.1 Å². The number of Topliss-reactive ketones (excluding diaryl/α,β-unsaturated/α-hetero) is 1. The van der Waals surface area contributed by atoms with Crippen LogP contribution in [0.5, 0.6) is 11.5 Å². The Balaban J connectivity index is 1.34. The van der Waals surface area contributed by atoms with E-state index in [0.717, 1.165) is 0 Å². The zero-order valence-corrected chi connectivity index (χ0v) is 16.5. The fourth-order valence-corrected chi connectivity index (χ4v) is 3.17. The Labute approximate surface area is 175 Å². The molecule has 3 aromatic rings. The van der Waals surface area contributed by atoms with Crippen LogP contribution in [0.4, 0.5) is 5.69 Å². The largest absolute Gasteiger partial charge is 0.456 e. The number of ketones is 1. The molecule has 1 N–H and O–H groups in total. The van der Waals surface area contributed by atoms with E-state index in [9.17, 15) is 19.2 Å². The molecule has 2 heterocycles. The van der Waals surface area contributed by atoms with Crippen LogP contribution in [0.2, 0.25) is 0 Å². The van der Waals surface area contributed by atoms with Gasteiger partial charge in [-0.3, -0.25) is 19.0 Å². The second-order valence-electron chi connectivity index (χ2n) is 6.75. The number of ether oxygens (including phenoxy) is 3. The van der Waals surface area contributed by atoms with Crippen molar-refractivity contribution in [1.29, 1.82) is 0 Å². The number of para-hydroxylation sites is 2. The molecule has 160 valence electrons. The summed E-state index contributed by atoms with van der Waals surface area (Å²) in [4.78, 5) is 48.0. The summed E-state index contributed by atoms with van der Waals surface area (Å²) in [7, 11) is 0. The monoisotopic (exact) mass is 426 g/mol. The lowest BCUT2D eigenvalue weighted by molar-refractivity contribution is -0.147. The molecule has 0 atom stereocenters. The molecule has 0 aliphatic carbocycles. The van der Waals surface area contributed by atoms with Gasteiger partial charge in [0.2, 0.25) is 6.79 Å². The van der Waals surface area contributed by atoms with Gasteiger partial charge in [0.1, 0.15) is 0 Å². The minimum atomic E-state index is -0.662. The van der Waals surface area contributed by atoms with Gasteiger partial charge in [-0.05, 0) is 25.1 Å². The first-order valence-corrected chi connectivity index (χ1v) is 9.41. The first-order chi connectivity index (χ1) is 14.9. The van der Waals surface area contributed by atoms with Crippen LogP contribution in [-0.4, -0.2) is 35.6 Å². The number of esters is 1. The van der Waals surface area contributed by atoms with Crippen molar-refractivity contribution in [2.24, 2.45) is 0 Å². The molecule has 0 radical (unpaired) electrons. The third kappa shape index (κ3) is 4.27. The van der Waals surface area contributed by atoms with E-state index in [0.29, 0.717) is 22.6 Å². The van der Waals surface area contributed by atoms with Gasteiger partial charge in [0.25, 0.3) is 5.91 Å². The van der Waals surface area contributed by atoms with Crippen LogP contribution in [-0.2, 0) is 20.9 Å². The normalized spacial score (nSPS) is 12.0. The van der Waals surface area contributed by atoms with Gasteiger partial charge in [0.15, 0.2) is 29.5 Å². The highest BCUT2D eigenvalue weighted by molar-refractivity contribution is 6.05. The highest BCUT2D eigenvalue weighted by atomic mass is 16.7. The molecule has 0 bridgehead atoms. The standard InChI is InChI=1S/C21H18N2O8/c1-12(24)13-8-17-18(30-11-29-17)9-14(13)22-19(25)10-28-20(26)6-7-23-15-4-2-3-5-16(15)31-21(23)27/h2-5,8-9H,6-7,10-11H2,1H3,(H,22,25). The SMILES string of the molecule is CC(=O)c1cc2c(cc1NC(=O)COC(=O)CCn1c(=O)oc3ccccc31)OCO2. The number of carbonyl (C=O) groups is 3. The van der Waals surface area contributed by atoms with Gasteiger partial charge in [-0.15, -0.1) is 0 Å². The van der Waals surface area contributed by atoms with E-state index in [-0.39, 0.29) is 36.8 Å². The lowest BCUT2D eigenvalue weighted by Crippen LogP contribution is -2.23. The van der Waals surface area contributed by atoms with Crippen LogP contribution < -0.4 is 20.5 Å². The molecule has 4 rings (SSSR count). The number of aromatic nitrogens is 1. The Bertz CT molecular complexity index is 1240. The van der Waals surface area contributed by atoms with Crippen molar-refractivity contribution >= 4 is 34.4 Å². The van der Waals surface area contributed by atoms with Gasteiger partial charge in [0.05, 0.1) is 17.6 Å². The number of amides is 1. The molecule has 0 spiro atoms. The molecule has 1 aliphatic rings. The molecular formula is C21H18N2O8. The number of hydrogen-bond acceptors (Lipinski definition) is 8. The summed E-state index contributed by atoms with van der Waals surface area (Å²) in [5.41, 5.74) is 1.47. The molecule has 10 nitrogen and oxygen atoms in total. The number of nitrogens with one attached hydrogen (secondary N) is 1. The van der Waals surface area contributed by atoms with Crippen molar-refractivity contribution < 1.29 is 33.0 Å². The molecule has 0 saturated carbocycles. The van der Waals surface area contributed by atoms with E-state index in [1.165, 1.54) is 23.6 Å². The van der Waals surface area contributed by atoms with Crippen LogP contribution in [0.15, 0.2) is 45.6 Å². The van der Waals surface area contributed by atoms with Gasteiger partial charge in [-0.1, -0.05) is 12.1 Å². The highest BCUT2D eigenvalue weighted by Gasteiger charge is 2.21. The number of hydrogen-bond donors (Lipinski definition) is 1. The number of rotatable bonds is 7. The lowest BCUT2D eigenvalue weighted by atomic mass is 10.1. The number of benzene rings is 2. The van der Waals surface area contributed by atoms with Gasteiger partial charge in [-0.2, -0.15) is 0 Å². The Hall–Kier alpha value is -4.08. The summed E-state index contributed by atoms with van der Waals surface area (Å²) in [5.74, 6) is -1.33. The Kier molecular flexibility index (Phi) is 5.44. The molecule has 2 aromatic carbocycles. The number of aryl methyl sites for hydroxylation is 1. The van der Waals surface area contributed by atoms with Crippen LogP contribution in [0.1, 0.15) is 23.7 Å². The second-order valence-corrected chi connectivity index (χ2v) is 6.75. The van der Waals surface area contributed by atoms with Crippen molar-refractivity contribution in [1.82, 2.24) is 4.57 Å². The zero-order valence-electron chi connectivity index (χ0n) is 16.5. The van der Waals surface area contributed by atoms with Gasteiger partial charge >= 0.3 is 11.7 Å². The van der Waals surface area contributed by atoms with E-state index in [1.54, 1.807) is 24.3 Å². The minimum absolute atomic E-state index is 0.0245. The van der Waals surface area contributed by atoms with Crippen molar-refractivity contribution in [3.05, 3.63) is 52.5 Å². The van der Waals surface area contributed by atoms with E-state index in [4.69, 9.17) is 18.6 Å². The summed E-state index contributed by atoms with van der Waals surface area (Å²) in [6, 6.07) is 9.81. The summed E-state index contributed by atoms with van der Waals surface area (Å²) in [5, 5.41) is 2.54. The Morgan fingerprint density at radius 2 is 1.87 bits per heavy atom. The zero-order chi connectivity index (χ0) is 22.0. The third-order valence-corrected chi connectivity index (χ3v) is 4.64. The Morgan fingerprint density at radius 3 is 2.65 bits per heavy atom. The van der Waals surface area contributed by atoms with Crippen LogP contribution in [0.3, 0.4) is 0 Å². The summed E-state index contributed by atoms with van der Waals surface area (Å²) in [6.45, 7) is 0.879.